The van der Waals surface area contributed by atoms with Crippen LogP contribution in [0, 0.1) is 5.92 Å². The second kappa shape index (κ2) is 15.5. The Kier molecular flexibility index (Phi) is 13.1. The Bertz CT molecular complexity index is 695. The molecule has 0 unspecified atom stereocenters. The van der Waals surface area contributed by atoms with Crippen LogP contribution in [0.5, 0.6) is 0 Å². The van der Waals surface area contributed by atoms with Gasteiger partial charge in [0.05, 0.1) is 13.2 Å². The van der Waals surface area contributed by atoms with Gasteiger partial charge >= 0.3 is 0 Å². The van der Waals surface area contributed by atoms with E-state index < -0.39 is 18.3 Å². The van der Waals surface area contributed by atoms with Gasteiger partial charge < -0.3 is 29.0 Å². The number of rotatable bonds is 8. The molecular formula is C26H46N2O6. The highest BCUT2D eigenvalue weighted by Crippen LogP contribution is 2.15. The lowest BCUT2D eigenvalue weighted by atomic mass is 10.1. The van der Waals surface area contributed by atoms with Crippen molar-refractivity contribution >= 4 is 5.91 Å². The van der Waals surface area contributed by atoms with Gasteiger partial charge in [0.25, 0.3) is 0 Å². The number of hydrogen-bond acceptors (Lipinski definition) is 7. The highest BCUT2D eigenvalue weighted by Gasteiger charge is 2.30. The van der Waals surface area contributed by atoms with E-state index in [2.05, 4.69) is 25.7 Å². The zero-order chi connectivity index (χ0) is 24.9. The topological polar surface area (TPSA) is 95.6 Å². The summed E-state index contributed by atoms with van der Waals surface area (Å²) in [5.41, 5.74) is 0. The van der Waals surface area contributed by atoms with Crippen molar-refractivity contribution < 1.29 is 28.9 Å². The Balaban J connectivity index is 2.10. The normalized spacial score (nSPS) is 24.3. The maximum Gasteiger partial charge on any atom is 0.219 e. The largest absolute Gasteiger partial charge is 0.465 e. The molecule has 1 aromatic rings. The summed E-state index contributed by atoms with van der Waals surface area (Å²) >= 11 is 0. The third kappa shape index (κ3) is 10.4. The minimum absolute atomic E-state index is 0.0432. The molecule has 2 heterocycles. The van der Waals surface area contributed by atoms with Gasteiger partial charge in [-0.3, -0.25) is 9.69 Å². The molecule has 1 aliphatic heterocycles. The van der Waals surface area contributed by atoms with Crippen LogP contribution in [-0.4, -0.2) is 90.2 Å². The predicted molar refractivity (Wildman–Crippen MR) is 131 cm³/mol. The lowest BCUT2D eigenvalue weighted by Gasteiger charge is -2.33. The molecule has 0 aliphatic carbocycles. The van der Waals surface area contributed by atoms with E-state index in [9.17, 15) is 15.0 Å². The van der Waals surface area contributed by atoms with Crippen molar-refractivity contribution in [3.8, 4) is 0 Å². The summed E-state index contributed by atoms with van der Waals surface area (Å²) in [6, 6.07) is 4.09. The van der Waals surface area contributed by atoms with E-state index in [-0.39, 0.29) is 19.1 Å². The van der Waals surface area contributed by atoms with E-state index in [1.54, 1.807) is 4.90 Å². The van der Waals surface area contributed by atoms with Crippen LogP contribution in [0.25, 0.3) is 0 Å². The van der Waals surface area contributed by atoms with Gasteiger partial charge in [-0.2, -0.15) is 0 Å². The number of hydrogen-bond donors (Lipinski definition) is 2. The Morgan fingerprint density at radius 1 is 1.18 bits per heavy atom. The molecule has 0 radical (unpaired) electrons. The van der Waals surface area contributed by atoms with Gasteiger partial charge in [-0.25, -0.2) is 0 Å². The predicted octanol–water partition coefficient (Wildman–Crippen LogP) is 2.85. The first-order chi connectivity index (χ1) is 16.3. The first kappa shape index (κ1) is 28.8. The van der Waals surface area contributed by atoms with Crippen molar-refractivity contribution in [2.75, 3.05) is 46.0 Å². The molecule has 0 bridgehead atoms. The molecule has 34 heavy (non-hydrogen) atoms. The van der Waals surface area contributed by atoms with Crippen LogP contribution >= 0.6 is 0 Å². The molecule has 1 amide bonds. The van der Waals surface area contributed by atoms with Gasteiger partial charge in [0.15, 0.2) is 0 Å². The number of aliphatic hydroxyl groups is 2. The highest BCUT2D eigenvalue weighted by molar-refractivity contribution is 5.73. The Morgan fingerprint density at radius 3 is 2.65 bits per heavy atom. The Hall–Kier alpha value is -1.45. The van der Waals surface area contributed by atoms with E-state index in [4.69, 9.17) is 13.9 Å². The Morgan fingerprint density at radius 2 is 1.94 bits per heavy atom. The lowest BCUT2D eigenvalue weighted by Crippen LogP contribution is -2.50. The number of carbonyl (C=O) groups excluding carboxylic acids is 1. The minimum atomic E-state index is -1.13. The van der Waals surface area contributed by atoms with E-state index >= 15 is 0 Å². The fourth-order valence-electron chi connectivity index (χ4n) is 4.04. The molecule has 8 nitrogen and oxygen atoms in total. The van der Waals surface area contributed by atoms with Crippen LogP contribution in [-0.2, 0) is 27.2 Å². The number of furan rings is 1. The molecule has 196 valence electrons. The highest BCUT2D eigenvalue weighted by atomic mass is 16.5. The zero-order valence-electron chi connectivity index (χ0n) is 21.6. The molecule has 1 aromatic heterocycles. The van der Waals surface area contributed by atoms with Gasteiger partial charge in [0.2, 0.25) is 5.91 Å². The van der Waals surface area contributed by atoms with Crippen LogP contribution in [0.4, 0.5) is 0 Å². The average molecular weight is 483 g/mol. The lowest BCUT2D eigenvalue weighted by molar-refractivity contribution is -0.140. The summed E-state index contributed by atoms with van der Waals surface area (Å²) < 4.78 is 17.6. The fourth-order valence-corrected chi connectivity index (χ4v) is 4.04. The van der Waals surface area contributed by atoms with E-state index in [0.29, 0.717) is 38.8 Å². The SMILES string of the molecule is CCCc1ccc(CN2CCCCOC[C@@H](O)[C@@H](O)[C@H](OCCC(C)C)CN(C(C)=O)CC2)o1. The third-order valence-electron chi connectivity index (χ3n) is 6.23. The molecule has 8 heteroatoms. The first-order valence-corrected chi connectivity index (χ1v) is 12.9. The molecule has 3 atom stereocenters. The van der Waals surface area contributed by atoms with Gasteiger partial charge in [-0.05, 0) is 50.3 Å². The quantitative estimate of drug-likeness (QED) is 0.588. The van der Waals surface area contributed by atoms with Gasteiger partial charge in [0, 0.05) is 46.2 Å². The van der Waals surface area contributed by atoms with Crippen LogP contribution in [0.15, 0.2) is 16.5 Å². The number of aryl methyl sites for hydroxylation is 1. The van der Waals surface area contributed by atoms with Crippen LogP contribution in [0.2, 0.25) is 0 Å². The fraction of sp³-hybridized carbons (Fsp3) is 0.808. The number of carbonyl (C=O) groups is 1. The Labute approximate surface area is 205 Å². The van der Waals surface area contributed by atoms with E-state index in [1.807, 2.05) is 12.1 Å². The second-order valence-corrected chi connectivity index (χ2v) is 9.79. The first-order valence-electron chi connectivity index (χ1n) is 12.9. The second-order valence-electron chi connectivity index (χ2n) is 9.79. The van der Waals surface area contributed by atoms with Gasteiger partial charge in [0.1, 0.15) is 29.8 Å². The van der Waals surface area contributed by atoms with Crippen LogP contribution < -0.4 is 0 Å². The molecule has 1 saturated heterocycles. The monoisotopic (exact) mass is 482 g/mol. The molecule has 1 aliphatic rings. The molecule has 0 saturated carbocycles. The standard InChI is InChI=1S/C26H46N2O6/c1-5-8-22-9-10-23(34-22)17-27-12-6-7-15-32-19-24(30)26(31)25(33-16-11-20(2)3)18-28(14-13-27)21(4)29/h9-10,20,24-26,30-31H,5-8,11-19H2,1-4H3/t24-,25-,26-/m1/s1. The van der Waals surface area contributed by atoms with E-state index in [1.165, 1.54) is 6.92 Å². The van der Waals surface area contributed by atoms with Gasteiger partial charge in [-0.15, -0.1) is 0 Å². The van der Waals surface area contributed by atoms with Crippen LogP contribution in [0.3, 0.4) is 0 Å². The van der Waals surface area contributed by atoms with Crippen molar-refractivity contribution in [1.29, 1.82) is 0 Å². The molecular weight excluding hydrogens is 436 g/mol. The molecule has 2 rings (SSSR count). The smallest absolute Gasteiger partial charge is 0.219 e. The molecule has 2 N–H and O–H groups in total. The summed E-state index contributed by atoms with van der Waals surface area (Å²) in [6.07, 6.45) is 1.73. The molecule has 0 aromatic carbocycles. The van der Waals surface area contributed by atoms with E-state index in [0.717, 1.165) is 50.2 Å². The number of ether oxygens (including phenoxy) is 2. The summed E-state index contributed by atoms with van der Waals surface area (Å²) in [5.74, 6) is 2.32. The third-order valence-corrected chi connectivity index (χ3v) is 6.23. The summed E-state index contributed by atoms with van der Waals surface area (Å²) in [7, 11) is 0. The molecule has 1 fully saturated rings. The average Bonchev–Trinajstić information content (AvgIpc) is 3.22. The maximum atomic E-state index is 12.5. The van der Waals surface area contributed by atoms with Gasteiger partial charge in [-0.1, -0.05) is 20.8 Å². The number of aliphatic hydroxyl groups excluding tert-OH is 2. The summed E-state index contributed by atoms with van der Waals surface area (Å²) in [5, 5.41) is 21.2. The maximum absolute atomic E-state index is 12.5. The zero-order valence-corrected chi connectivity index (χ0v) is 21.6. The van der Waals surface area contributed by atoms with Crippen molar-refractivity contribution in [2.45, 2.75) is 84.7 Å². The number of amides is 1. The van der Waals surface area contributed by atoms with Crippen molar-refractivity contribution in [2.24, 2.45) is 5.92 Å². The summed E-state index contributed by atoms with van der Waals surface area (Å²) in [6.45, 7) is 11.9. The van der Waals surface area contributed by atoms with Crippen molar-refractivity contribution in [1.82, 2.24) is 9.80 Å². The van der Waals surface area contributed by atoms with Crippen molar-refractivity contribution in [3.63, 3.8) is 0 Å². The molecule has 0 spiro atoms. The van der Waals surface area contributed by atoms with Crippen LogP contribution in [0.1, 0.15) is 64.9 Å². The summed E-state index contributed by atoms with van der Waals surface area (Å²) in [4.78, 5) is 16.5. The van der Waals surface area contributed by atoms with Crippen molar-refractivity contribution in [3.05, 3.63) is 23.7 Å². The minimum Gasteiger partial charge on any atom is -0.465 e. The number of nitrogens with zero attached hydrogens (tertiary/aromatic N) is 2.